The zero-order valence-corrected chi connectivity index (χ0v) is 25.2. The van der Waals surface area contributed by atoms with Gasteiger partial charge in [0.25, 0.3) is 0 Å². The molecular formula is C45H32. The Bertz CT molecular complexity index is 2240. The number of benzene rings is 8. The highest BCUT2D eigenvalue weighted by Crippen LogP contribution is 2.44. The van der Waals surface area contributed by atoms with E-state index < -0.39 is 0 Å². The van der Waals surface area contributed by atoms with Crippen LogP contribution in [0.1, 0.15) is 5.56 Å². The predicted molar refractivity (Wildman–Crippen MR) is 193 cm³/mol. The van der Waals surface area contributed by atoms with E-state index in [1.54, 1.807) is 0 Å². The van der Waals surface area contributed by atoms with Crippen molar-refractivity contribution in [3.63, 3.8) is 0 Å². The molecule has 0 nitrogen and oxygen atoms in total. The summed E-state index contributed by atoms with van der Waals surface area (Å²) >= 11 is 0. The maximum Gasteiger partial charge on any atom is -0.00262 e. The summed E-state index contributed by atoms with van der Waals surface area (Å²) < 4.78 is 0. The minimum atomic E-state index is 1.22. The summed E-state index contributed by atoms with van der Waals surface area (Å²) in [4.78, 5) is 0. The van der Waals surface area contributed by atoms with Gasteiger partial charge < -0.3 is 0 Å². The Morgan fingerprint density at radius 3 is 1.24 bits per heavy atom. The van der Waals surface area contributed by atoms with Gasteiger partial charge in [-0.25, -0.2) is 0 Å². The van der Waals surface area contributed by atoms with Crippen LogP contribution in [0.4, 0.5) is 0 Å². The Morgan fingerprint density at radius 1 is 0.267 bits per heavy atom. The quantitative estimate of drug-likeness (QED) is 0.180. The summed E-state index contributed by atoms with van der Waals surface area (Å²) in [6.07, 6.45) is 0. The fourth-order valence-corrected chi connectivity index (χ4v) is 6.80. The van der Waals surface area contributed by atoms with E-state index >= 15 is 0 Å². The molecule has 45 heavy (non-hydrogen) atoms. The summed E-state index contributed by atoms with van der Waals surface area (Å²) in [5.74, 6) is 0. The van der Waals surface area contributed by atoms with Crippen LogP contribution in [0.2, 0.25) is 0 Å². The third-order valence-corrected chi connectivity index (χ3v) is 9.02. The van der Waals surface area contributed by atoms with Crippen molar-refractivity contribution in [3.05, 3.63) is 181 Å². The SMILES string of the molecule is Cc1ccc(-c2c3ccccc3c(-c3ccccc3)c3ccccc23)cc1-c1cccc(-c2ccc(-c3ccccc3)cc2)c1. The fraction of sp³-hybridized carbons (Fsp3) is 0.0222. The van der Waals surface area contributed by atoms with E-state index in [1.807, 2.05) is 0 Å². The Morgan fingerprint density at radius 2 is 0.667 bits per heavy atom. The van der Waals surface area contributed by atoms with Gasteiger partial charge in [0, 0.05) is 0 Å². The van der Waals surface area contributed by atoms with E-state index in [9.17, 15) is 0 Å². The Kier molecular flexibility index (Phi) is 6.81. The maximum absolute atomic E-state index is 2.39. The molecule has 0 fully saturated rings. The normalized spacial score (nSPS) is 11.2. The second kappa shape index (κ2) is 11.4. The van der Waals surface area contributed by atoms with Crippen LogP contribution < -0.4 is 0 Å². The minimum Gasteiger partial charge on any atom is -0.0622 e. The van der Waals surface area contributed by atoms with E-state index in [2.05, 4.69) is 183 Å². The lowest BCUT2D eigenvalue weighted by Crippen LogP contribution is -1.92. The number of hydrogen-bond donors (Lipinski definition) is 0. The molecule has 0 spiro atoms. The van der Waals surface area contributed by atoms with Crippen LogP contribution in [-0.4, -0.2) is 0 Å². The highest BCUT2D eigenvalue weighted by Gasteiger charge is 2.17. The molecule has 0 aromatic heterocycles. The van der Waals surface area contributed by atoms with Gasteiger partial charge in [-0.1, -0.05) is 164 Å². The van der Waals surface area contributed by atoms with Crippen LogP contribution in [0.15, 0.2) is 176 Å². The molecule has 8 rings (SSSR count). The number of aryl methyl sites for hydroxylation is 1. The van der Waals surface area contributed by atoms with Gasteiger partial charge in [0.05, 0.1) is 0 Å². The number of hydrogen-bond acceptors (Lipinski definition) is 0. The first kappa shape index (κ1) is 26.9. The van der Waals surface area contributed by atoms with Gasteiger partial charge in [0.15, 0.2) is 0 Å². The Labute approximate surface area is 264 Å². The summed E-state index contributed by atoms with van der Waals surface area (Å²) in [5, 5.41) is 5.11. The van der Waals surface area contributed by atoms with E-state index in [4.69, 9.17) is 0 Å². The van der Waals surface area contributed by atoms with Crippen molar-refractivity contribution in [3.8, 4) is 55.6 Å². The average Bonchev–Trinajstić information content (AvgIpc) is 3.12. The smallest absolute Gasteiger partial charge is 0.00262 e. The van der Waals surface area contributed by atoms with Crippen molar-refractivity contribution in [2.45, 2.75) is 6.92 Å². The van der Waals surface area contributed by atoms with Gasteiger partial charge in [-0.15, -0.1) is 0 Å². The zero-order chi connectivity index (χ0) is 30.2. The summed E-state index contributed by atoms with van der Waals surface area (Å²) in [6.45, 7) is 2.22. The average molecular weight is 573 g/mol. The monoisotopic (exact) mass is 572 g/mol. The summed E-state index contributed by atoms with van der Waals surface area (Å²) in [6, 6.07) is 63.9. The van der Waals surface area contributed by atoms with Gasteiger partial charge in [-0.3, -0.25) is 0 Å². The van der Waals surface area contributed by atoms with Crippen LogP contribution >= 0.6 is 0 Å². The van der Waals surface area contributed by atoms with E-state index in [0.29, 0.717) is 0 Å². The molecule has 8 aromatic carbocycles. The van der Waals surface area contributed by atoms with Crippen molar-refractivity contribution in [2.75, 3.05) is 0 Å². The summed E-state index contributed by atoms with van der Waals surface area (Å²) in [5.41, 5.74) is 13.7. The second-order valence-corrected chi connectivity index (χ2v) is 11.8. The van der Waals surface area contributed by atoms with Crippen LogP contribution in [0.5, 0.6) is 0 Å². The molecule has 0 bridgehead atoms. The molecule has 0 N–H and O–H groups in total. The Balaban J connectivity index is 1.26. The molecule has 0 heteroatoms. The maximum atomic E-state index is 2.39. The largest absolute Gasteiger partial charge is 0.0622 e. The predicted octanol–water partition coefficient (Wildman–Crippen LogP) is 12.6. The van der Waals surface area contributed by atoms with Crippen LogP contribution in [-0.2, 0) is 0 Å². The summed E-state index contributed by atoms with van der Waals surface area (Å²) in [7, 11) is 0. The molecule has 0 amide bonds. The van der Waals surface area contributed by atoms with E-state index in [1.165, 1.54) is 82.7 Å². The van der Waals surface area contributed by atoms with Crippen LogP contribution in [0.25, 0.3) is 77.2 Å². The van der Waals surface area contributed by atoms with Crippen LogP contribution in [0.3, 0.4) is 0 Å². The van der Waals surface area contributed by atoms with Crippen molar-refractivity contribution in [2.24, 2.45) is 0 Å². The molecule has 0 aliphatic carbocycles. The Hall–Kier alpha value is -5.72. The zero-order valence-electron chi connectivity index (χ0n) is 25.2. The van der Waals surface area contributed by atoms with Gasteiger partial charge in [-0.05, 0) is 102 Å². The minimum absolute atomic E-state index is 1.22. The van der Waals surface area contributed by atoms with E-state index in [-0.39, 0.29) is 0 Å². The van der Waals surface area contributed by atoms with Crippen molar-refractivity contribution in [1.29, 1.82) is 0 Å². The fourth-order valence-electron chi connectivity index (χ4n) is 6.80. The number of rotatable bonds is 5. The highest BCUT2D eigenvalue weighted by atomic mass is 14.2. The molecule has 8 aromatic rings. The third kappa shape index (κ3) is 4.91. The lowest BCUT2D eigenvalue weighted by molar-refractivity contribution is 1.46. The molecule has 0 unspecified atom stereocenters. The molecule has 0 heterocycles. The first-order valence-corrected chi connectivity index (χ1v) is 15.6. The van der Waals surface area contributed by atoms with Crippen LogP contribution in [0, 0.1) is 6.92 Å². The molecule has 0 saturated carbocycles. The van der Waals surface area contributed by atoms with Crippen molar-refractivity contribution >= 4 is 21.5 Å². The standard InChI is InChI=1S/C45H32/c1-31-23-24-38(30-43(31)37-18-12-17-36(29-37)34-27-25-33(26-28-34)32-13-4-2-5-14-32)45-41-21-10-8-19-39(41)44(35-15-6-3-7-16-35)40-20-9-11-22-42(40)45/h2-30H,1H3. The van der Waals surface area contributed by atoms with Gasteiger partial charge >= 0.3 is 0 Å². The van der Waals surface area contributed by atoms with Crippen molar-refractivity contribution < 1.29 is 0 Å². The topological polar surface area (TPSA) is 0 Å². The second-order valence-electron chi connectivity index (χ2n) is 11.8. The molecule has 212 valence electrons. The highest BCUT2D eigenvalue weighted by molar-refractivity contribution is 6.21. The van der Waals surface area contributed by atoms with Gasteiger partial charge in [0.1, 0.15) is 0 Å². The lowest BCUT2D eigenvalue weighted by atomic mass is 9.85. The van der Waals surface area contributed by atoms with Crippen molar-refractivity contribution in [1.82, 2.24) is 0 Å². The molecule has 0 radical (unpaired) electrons. The molecule has 0 atom stereocenters. The number of fused-ring (bicyclic) bond motifs is 2. The third-order valence-electron chi connectivity index (χ3n) is 9.02. The first-order valence-electron chi connectivity index (χ1n) is 15.6. The molecule has 0 aliphatic rings. The van der Waals surface area contributed by atoms with Gasteiger partial charge in [0.2, 0.25) is 0 Å². The molecule has 0 aliphatic heterocycles. The molecular weight excluding hydrogens is 540 g/mol. The van der Waals surface area contributed by atoms with Gasteiger partial charge in [-0.2, -0.15) is 0 Å². The molecule has 0 saturated heterocycles. The van der Waals surface area contributed by atoms with E-state index in [0.717, 1.165) is 0 Å². The lowest BCUT2D eigenvalue weighted by Gasteiger charge is -2.19. The first-order chi connectivity index (χ1) is 22.2.